The van der Waals surface area contributed by atoms with Crippen LogP contribution in [0, 0.1) is 5.92 Å². The molecule has 0 aromatic carbocycles. The summed E-state index contributed by atoms with van der Waals surface area (Å²) in [5.41, 5.74) is 1.33. The number of nitrogens with one attached hydrogen (secondary N) is 1. The Morgan fingerprint density at radius 1 is 1.58 bits per heavy atom. The summed E-state index contributed by atoms with van der Waals surface area (Å²) >= 11 is 0. The first-order valence-electron chi connectivity index (χ1n) is 4.87. The van der Waals surface area contributed by atoms with Gasteiger partial charge in [0, 0.05) is 0 Å². The molecule has 1 saturated heterocycles. The molecule has 1 radical (unpaired) electrons. The Balaban J connectivity index is 2.21. The molecule has 0 amide bonds. The number of rotatable bonds is 3. The van der Waals surface area contributed by atoms with Gasteiger partial charge in [0.25, 0.3) is 0 Å². The van der Waals surface area contributed by atoms with Gasteiger partial charge in [0.05, 0.1) is 0 Å². The summed E-state index contributed by atoms with van der Waals surface area (Å²) in [6.45, 7) is 6.09. The van der Waals surface area contributed by atoms with Crippen LogP contribution < -0.4 is 5.32 Å². The third-order valence-corrected chi connectivity index (χ3v) is 2.65. The standard InChI is InChI=1S/C10H19BN/c1-8(2)6-9-4-5-10(12-3)11-7-9/h9-10,12H,1,4-7H2,2-3H3. The second-order valence-corrected chi connectivity index (χ2v) is 3.97. The van der Waals surface area contributed by atoms with E-state index < -0.39 is 0 Å². The lowest BCUT2D eigenvalue weighted by Gasteiger charge is -2.27. The number of hydrogen-bond donors (Lipinski definition) is 1. The van der Waals surface area contributed by atoms with Crippen molar-refractivity contribution in [1.82, 2.24) is 5.32 Å². The molecule has 1 nitrogen and oxygen atoms in total. The van der Waals surface area contributed by atoms with Gasteiger partial charge in [0.1, 0.15) is 7.28 Å². The van der Waals surface area contributed by atoms with Crippen LogP contribution >= 0.6 is 0 Å². The molecule has 2 heteroatoms. The third kappa shape index (κ3) is 3.02. The van der Waals surface area contributed by atoms with Gasteiger partial charge in [-0.25, -0.2) is 0 Å². The summed E-state index contributed by atoms with van der Waals surface area (Å²) < 4.78 is 0. The summed E-state index contributed by atoms with van der Waals surface area (Å²) in [6, 6.07) is 0. The minimum Gasteiger partial charge on any atom is -0.325 e. The fourth-order valence-corrected chi connectivity index (χ4v) is 1.95. The zero-order chi connectivity index (χ0) is 8.97. The van der Waals surface area contributed by atoms with E-state index in [9.17, 15) is 0 Å². The van der Waals surface area contributed by atoms with Crippen LogP contribution in [-0.2, 0) is 0 Å². The average molecular weight is 164 g/mol. The second-order valence-electron chi connectivity index (χ2n) is 3.97. The minimum atomic E-state index is 0.659. The molecule has 1 aliphatic heterocycles. The largest absolute Gasteiger partial charge is 0.325 e. The Labute approximate surface area is 76.9 Å². The van der Waals surface area contributed by atoms with Gasteiger partial charge in [0.2, 0.25) is 0 Å². The van der Waals surface area contributed by atoms with Crippen LogP contribution in [0.15, 0.2) is 12.2 Å². The zero-order valence-electron chi connectivity index (χ0n) is 8.27. The molecule has 1 fully saturated rings. The lowest BCUT2D eigenvalue weighted by atomic mass is 9.56. The average Bonchev–Trinajstić information content (AvgIpc) is 2.05. The van der Waals surface area contributed by atoms with Crippen LogP contribution in [-0.4, -0.2) is 20.3 Å². The van der Waals surface area contributed by atoms with Crippen molar-refractivity contribution >= 4 is 7.28 Å². The maximum Gasteiger partial charge on any atom is 0.132 e. The highest BCUT2D eigenvalue weighted by molar-refractivity contribution is 6.38. The molecule has 0 spiro atoms. The van der Waals surface area contributed by atoms with Crippen molar-refractivity contribution in [2.24, 2.45) is 5.92 Å². The molecule has 1 aliphatic rings. The van der Waals surface area contributed by atoms with Crippen molar-refractivity contribution in [3.05, 3.63) is 12.2 Å². The van der Waals surface area contributed by atoms with Gasteiger partial charge in [-0.2, -0.15) is 0 Å². The zero-order valence-corrected chi connectivity index (χ0v) is 8.27. The van der Waals surface area contributed by atoms with E-state index >= 15 is 0 Å². The van der Waals surface area contributed by atoms with E-state index in [-0.39, 0.29) is 0 Å². The molecule has 2 atom stereocenters. The molecule has 1 heterocycles. The van der Waals surface area contributed by atoms with Gasteiger partial charge in [0.15, 0.2) is 0 Å². The van der Waals surface area contributed by atoms with E-state index in [1.54, 1.807) is 0 Å². The molecule has 0 aromatic rings. The molecule has 12 heavy (non-hydrogen) atoms. The van der Waals surface area contributed by atoms with E-state index in [1.165, 1.54) is 31.2 Å². The summed E-state index contributed by atoms with van der Waals surface area (Å²) in [7, 11) is 4.46. The molecule has 1 N–H and O–H groups in total. The maximum absolute atomic E-state index is 3.96. The SMILES string of the molecule is C=C(C)CC1C[B]C(NC)CC1. The molecular formula is C10H19BN. The van der Waals surface area contributed by atoms with Crippen molar-refractivity contribution in [2.45, 2.75) is 38.4 Å². The third-order valence-electron chi connectivity index (χ3n) is 2.65. The van der Waals surface area contributed by atoms with Crippen LogP contribution in [0.4, 0.5) is 0 Å². The fraction of sp³-hybridized carbons (Fsp3) is 0.800. The van der Waals surface area contributed by atoms with Crippen molar-refractivity contribution < 1.29 is 0 Å². The van der Waals surface area contributed by atoms with Crippen molar-refractivity contribution in [3.63, 3.8) is 0 Å². The highest BCUT2D eigenvalue weighted by Gasteiger charge is 2.20. The molecule has 2 unspecified atom stereocenters. The van der Waals surface area contributed by atoms with E-state index in [0.717, 1.165) is 5.92 Å². The van der Waals surface area contributed by atoms with Crippen LogP contribution in [0.3, 0.4) is 0 Å². The monoisotopic (exact) mass is 164 g/mol. The van der Waals surface area contributed by atoms with Crippen LogP contribution in [0.1, 0.15) is 26.2 Å². The molecule has 1 rings (SSSR count). The molecule has 0 aliphatic carbocycles. The van der Waals surface area contributed by atoms with Gasteiger partial charge in [-0.15, -0.1) is 6.58 Å². The highest BCUT2D eigenvalue weighted by atomic mass is 14.8. The van der Waals surface area contributed by atoms with Gasteiger partial charge in [-0.05, 0) is 38.7 Å². The number of allylic oxidation sites excluding steroid dienone is 1. The Morgan fingerprint density at radius 2 is 2.33 bits per heavy atom. The van der Waals surface area contributed by atoms with Gasteiger partial charge in [-0.1, -0.05) is 18.3 Å². The highest BCUT2D eigenvalue weighted by Crippen LogP contribution is 2.25. The quantitative estimate of drug-likeness (QED) is 0.497. The van der Waals surface area contributed by atoms with E-state index in [1.807, 2.05) is 7.05 Å². The molecular weight excluding hydrogens is 145 g/mol. The second kappa shape index (κ2) is 4.71. The Bertz CT molecular complexity index is 148. The fourth-order valence-electron chi connectivity index (χ4n) is 1.95. The Morgan fingerprint density at radius 3 is 2.75 bits per heavy atom. The summed E-state index contributed by atoms with van der Waals surface area (Å²) in [5, 5.41) is 3.30. The first kappa shape index (κ1) is 9.85. The Kier molecular flexibility index (Phi) is 3.86. The molecule has 0 aromatic heterocycles. The van der Waals surface area contributed by atoms with E-state index in [0.29, 0.717) is 5.94 Å². The topological polar surface area (TPSA) is 12.0 Å². The Hall–Kier alpha value is -0.235. The van der Waals surface area contributed by atoms with E-state index in [2.05, 4.69) is 26.1 Å². The van der Waals surface area contributed by atoms with E-state index in [4.69, 9.17) is 0 Å². The molecule has 0 bridgehead atoms. The van der Waals surface area contributed by atoms with Crippen LogP contribution in [0.25, 0.3) is 0 Å². The molecule has 0 saturated carbocycles. The minimum absolute atomic E-state index is 0.659. The lowest BCUT2D eigenvalue weighted by Crippen LogP contribution is -2.36. The van der Waals surface area contributed by atoms with Crippen molar-refractivity contribution in [1.29, 1.82) is 0 Å². The predicted molar refractivity (Wildman–Crippen MR) is 55.6 cm³/mol. The van der Waals surface area contributed by atoms with Crippen molar-refractivity contribution in [2.75, 3.05) is 7.05 Å². The van der Waals surface area contributed by atoms with Crippen LogP contribution in [0.5, 0.6) is 0 Å². The van der Waals surface area contributed by atoms with Gasteiger partial charge >= 0.3 is 0 Å². The van der Waals surface area contributed by atoms with Gasteiger partial charge in [-0.3, -0.25) is 0 Å². The maximum atomic E-state index is 3.96. The number of hydrogen-bond acceptors (Lipinski definition) is 1. The lowest BCUT2D eigenvalue weighted by molar-refractivity contribution is 0.452. The van der Waals surface area contributed by atoms with Gasteiger partial charge < -0.3 is 5.32 Å². The molecule has 67 valence electrons. The predicted octanol–water partition coefficient (Wildman–Crippen LogP) is 2.03. The van der Waals surface area contributed by atoms with Crippen LogP contribution in [0.2, 0.25) is 6.32 Å². The normalized spacial score (nSPS) is 29.5. The van der Waals surface area contributed by atoms with Crippen molar-refractivity contribution in [3.8, 4) is 0 Å². The first-order valence-corrected chi connectivity index (χ1v) is 4.87. The smallest absolute Gasteiger partial charge is 0.132 e. The first-order chi connectivity index (χ1) is 5.72. The summed E-state index contributed by atoms with van der Waals surface area (Å²) in [6.07, 6.45) is 5.13. The summed E-state index contributed by atoms with van der Waals surface area (Å²) in [5.74, 6) is 1.53. The summed E-state index contributed by atoms with van der Waals surface area (Å²) in [4.78, 5) is 0.